The van der Waals surface area contributed by atoms with E-state index >= 15 is 0 Å². The fraction of sp³-hybridized carbons (Fsp3) is 0.0909. The largest absolute Gasteiger partial charge is 0.477 e. The van der Waals surface area contributed by atoms with E-state index in [0.29, 0.717) is 20.8 Å². The van der Waals surface area contributed by atoms with E-state index < -0.39 is 21.3 Å². The van der Waals surface area contributed by atoms with E-state index in [4.69, 9.17) is 11.6 Å². The summed E-state index contributed by atoms with van der Waals surface area (Å²) in [6.07, 6.45) is 0. The van der Waals surface area contributed by atoms with E-state index in [9.17, 15) is 17.4 Å². The molecule has 0 aliphatic heterocycles. The first-order chi connectivity index (χ1) is 8.79. The van der Waals surface area contributed by atoms with Crippen LogP contribution in [0.3, 0.4) is 0 Å². The normalized spacial score (nSPS) is 13.5. The van der Waals surface area contributed by atoms with Crippen LogP contribution in [-0.4, -0.2) is 14.7 Å². The first-order valence-corrected chi connectivity index (χ1v) is 7.24. The van der Waals surface area contributed by atoms with Gasteiger partial charge < -0.3 is 4.98 Å². The molecule has 0 saturated heterocycles. The van der Waals surface area contributed by atoms with Gasteiger partial charge in [-0.2, -0.15) is 13.2 Å². The number of benzene rings is 1. The average Bonchev–Trinajstić information content (AvgIpc) is 2.70. The van der Waals surface area contributed by atoms with E-state index in [0.717, 1.165) is 6.07 Å². The Hall–Kier alpha value is -0.790. The van der Waals surface area contributed by atoms with Gasteiger partial charge in [0.15, 0.2) is 10.8 Å². The van der Waals surface area contributed by atoms with Crippen molar-refractivity contribution in [1.82, 2.24) is 4.98 Å². The Balaban J connectivity index is 2.42. The number of hydrogen-bond donors (Lipinski definition) is 1. The molecule has 0 amide bonds. The standard InChI is InChI=1S/C11H6BrClF3NOS/c12-8-5-9(19(18)11(14,15)16)17-10(8)6-1-3-7(13)4-2-6/h1-5,17H. The summed E-state index contributed by atoms with van der Waals surface area (Å²) in [6, 6.07) is 7.70. The maximum atomic E-state index is 12.4. The second-order valence-electron chi connectivity index (χ2n) is 3.58. The zero-order valence-electron chi connectivity index (χ0n) is 9.09. The quantitative estimate of drug-likeness (QED) is 0.812. The fourth-order valence-electron chi connectivity index (χ4n) is 1.46. The molecule has 19 heavy (non-hydrogen) atoms. The minimum absolute atomic E-state index is 0.399. The number of halogens is 5. The predicted octanol–water partition coefficient (Wildman–Crippen LogP) is 4.73. The van der Waals surface area contributed by atoms with Gasteiger partial charge in [0.05, 0.1) is 5.69 Å². The third kappa shape index (κ3) is 3.21. The number of hydrogen-bond acceptors (Lipinski definition) is 1. The van der Waals surface area contributed by atoms with Crippen molar-refractivity contribution in [3.8, 4) is 11.3 Å². The highest BCUT2D eigenvalue weighted by molar-refractivity contribution is 9.10. The van der Waals surface area contributed by atoms with E-state index in [1.54, 1.807) is 24.3 Å². The summed E-state index contributed by atoms with van der Waals surface area (Å²) in [5.41, 5.74) is -3.73. The first kappa shape index (κ1) is 14.6. The molecular formula is C11H6BrClF3NOS. The van der Waals surface area contributed by atoms with Crippen LogP contribution in [0.4, 0.5) is 13.2 Å². The molecule has 2 aromatic rings. The topological polar surface area (TPSA) is 32.9 Å². The minimum Gasteiger partial charge on any atom is -0.346 e. The molecule has 0 bridgehead atoms. The molecule has 0 fully saturated rings. The molecule has 1 aromatic heterocycles. The van der Waals surface area contributed by atoms with Crippen molar-refractivity contribution in [3.63, 3.8) is 0 Å². The van der Waals surface area contributed by atoms with Gasteiger partial charge in [0.2, 0.25) is 0 Å². The number of alkyl halides is 3. The lowest BCUT2D eigenvalue weighted by Gasteiger charge is -2.03. The lowest BCUT2D eigenvalue weighted by Crippen LogP contribution is -2.16. The summed E-state index contributed by atoms with van der Waals surface area (Å²) in [4.78, 5) is 2.51. The SMILES string of the molecule is O=S(c1cc(Br)c(-c2ccc(Cl)cc2)[nH]1)C(F)(F)F. The lowest BCUT2D eigenvalue weighted by molar-refractivity contribution is -0.0386. The van der Waals surface area contributed by atoms with Crippen LogP contribution in [0.2, 0.25) is 5.02 Å². The van der Waals surface area contributed by atoms with Crippen molar-refractivity contribution in [1.29, 1.82) is 0 Å². The van der Waals surface area contributed by atoms with Gasteiger partial charge in [0.25, 0.3) is 0 Å². The third-order valence-corrected chi connectivity index (χ3v) is 4.20. The summed E-state index contributed by atoms with van der Waals surface area (Å²) in [5, 5.41) is 0.120. The highest BCUT2D eigenvalue weighted by Crippen LogP contribution is 2.33. The summed E-state index contributed by atoms with van der Waals surface area (Å²) in [6.45, 7) is 0. The Morgan fingerprint density at radius 2 is 1.79 bits per heavy atom. The van der Waals surface area contributed by atoms with Crippen molar-refractivity contribution in [2.45, 2.75) is 10.5 Å². The van der Waals surface area contributed by atoms with Gasteiger partial charge in [0, 0.05) is 9.50 Å². The molecule has 102 valence electrons. The number of rotatable bonds is 2. The van der Waals surface area contributed by atoms with Crippen LogP contribution in [0, 0.1) is 0 Å². The summed E-state index contributed by atoms with van der Waals surface area (Å²) < 4.78 is 48.8. The molecule has 1 N–H and O–H groups in total. The average molecular weight is 373 g/mol. The molecule has 1 heterocycles. The van der Waals surface area contributed by atoms with E-state index in [1.807, 2.05) is 0 Å². The highest BCUT2D eigenvalue weighted by atomic mass is 79.9. The lowest BCUT2D eigenvalue weighted by atomic mass is 10.2. The Bertz CT molecular complexity index is 624. The Kier molecular flexibility index (Phi) is 4.08. The highest BCUT2D eigenvalue weighted by Gasteiger charge is 2.39. The molecule has 1 atom stereocenters. The van der Waals surface area contributed by atoms with Crippen molar-refractivity contribution in [2.75, 3.05) is 0 Å². The van der Waals surface area contributed by atoms with Gasteiger partial charge in [-0.25, -0.2) is 4.21 Å². The van der Waals surface area contributed by atoms with E-state index in [-0.39, 0.29) is 0 Å². The van der Waals surface area contributed by atoms with Gasteiger partial charge in [0.1, 0.15) is 5.03 Å². The summed E-state index contributed by atoms with van der Waals surface area (Å²) in [5.74, 6) is 0. The van der Waals surface area contributed by atoms with Crippen molar-refractivity contribution >= 4 is 38.3 Å². The second-order valence-corrected chi connectivity index (χ2v) is 6.31. The van der Waals surface area contributed by atoms with Crippen molar-refractivity contribution < 1.29 is 17.4 Å². The maximum absolute atomic E-state index is 12.4. The molecule has 2 nitrogen and oxygen atoms in total. The van der Waals surface area contributed by atoms with Gasteiger partial charge in [-0.1, -0.05) is 23.7 Å². The van der Waals surface area contributed by atoms with Gasteiger partial charge in [-0.3, -0.25) is 0 Å². The summed E-state index contributed by atoms with van der Waals surface area (Å²) in [7, 11) is -3.08. The molecule has 0 aliphatic carbocycles. The molecular weight excluding hydrogens is 367 g/mol. The summed E-state index contributed by atoms with van der Waals surface area (Å²) >= 11 is 8.88. The first-order valence-electron chi connectivity index (χ1n) is 4.92. The minimum atomic E-state index is -4.79. The van der Waals surface area contributed by atoms with Gasteiger partial charge in [-0.05, 0) is 39.7 Å². The molecule has 1 aromatic carbocycles. The van der Waals surface area contributed by atoms with Crippen LogP contribution in [0.15, 0.2) is 39.8 Å². The number of aromatic amines is 1. The molecule has 1 unspecified atom stereocenters. The monoisotopic (exact) mass is 371 g/mol. The molecule has 8 heteroatoms. The van der Waals surface area contributed by atoms with Crippen molar-refractivity contribution in [2.24, 2.45) is 0 Å². The van der Waals surface area contributed by atoms with Crippen LogP contribution in [0.1, 0.15) is 0 Å². The Morgan fingerprint density at radius 3 is 2.32 bits per heavy atom. The fourth-order valence-corrected chi connectivity index (χ4v) is 2.96. The number of H-pyrrole nitrogens is 1. The molecule has 0 saturated carbocycles. The number of aromatic nitrogens is 1. The van der Waals surface area contributed by atoms with Crippen LogP contribution in [-0.2, 0) is 10.8 Å². The van der Waals surface area contributed by atoms with Gasteiger partial charge >= 0.3 is 5.51 Å². The second kappa shape index (κ2) is 5.30. The van der Waals surface area contributed by atoms with Crippen LogP contribution in [0.25, 0.3) is 11.3 Å². The van der Waals surface area contributed by atoms with Crippen LogP contribution < -0.4 is 0 Å². The Labute approximate surface area is 122 Å². The van der Waals surface area contributed by atoms with E-state index in [1.165, 1.54) is 0 Å². The molecule has 0 spiro atoms. The van der Waals surface area contributed by atoms with Crippen LogP contribution >= 0.6 is 27.5 Å². The molecule has 2 rings (SSSR count). The zero-order chi connectivity index (χ0) is 14.2. The molecule has 0 radical (unpaired) electrons. The smallest absolute Gasteiger partial charge is 0.346 e. The molecule has 0 aliphatic rings. The van der Waals surface area contributed by atoms with Crippen molar-refractivity contribution in [3.05, 3.63) is 39.8 Å². The maximum Gasteiger partial charge on any atom is 0.477 e. The number of nitrogens with one attached hydrogen (secondary N) is 1. The van der Waals surface area contributed by atoms with Gasteiger partial charge in [-0.15, -0.1) is 0 Å². The zero-order valence-corrected chi connectivity index (χ0v) is 12.3. The van der Waals surface area contributed by atoms with Crippen LogP contribution in [0.5, 0.6) is 0 Å². The predicted molar refractivity (Wildman–Crippen MR) is 71.4 cm³/mol. The van der Waals surface area contributed by atoms with E-state index in [2.05, 4.69) is 20.9 Å². The Morgan fingerprint density at radius 1 is 1.21 bits per heavy atom. The third-order valence-electron chi connectivity index (χ3n) is 2.29.